The molecule has 0 bridgehead atoms. The van der Waals surface area contributed by atoms with Gasteiger partial charge in [0, 0.05) is 24.0 Å². The van der Waals surface area contributed by atoms with E-state index >= 15 is 0 Å². The van der Waals surface area contributed by atoms with Gasteiger partial charge < -0.3 is 14.6 Å². The molecule has 2 heterocycles. The number of piperidine rings is 1. The number of aryl methyl sites for hydroxylation is 2. The molecule has 1 N–H and O–H groups in total. The Kier molecular flexibility index (Phi) is 4.60. The molecule has 1 aliphatic rings. The molecule has 5 heteroatoms. The number of likely N-dealkylation sites (tertiary alicyclic amines) is 1. The number of nitrogens with one attached hydrogen (secondary N) is 1. The van der Waals surface area contributed by atoms with Crippen molar-refractivity contribution in [3.8, 4) is 0 Å². The highest BCUT2D eigenvalue weighted by Gasteiger charge is 2.22. The smallest absolute Gasteiger partial charge is 0.355 e. The van der Waals surface area contributed by atoms with Crippen LogP contribution in [0.25, 0.3) is 10.9 Å². The van der Waals surface area contributed by atoms with Gasteiger partial charge >= 0.3 is 5.97 Å². The summed E-state index contributed by atoms with van der Waals surface area (Å²) in [7, 11) is 0. The van der Waals surface area contributed by atoms with E-state index in [0.29, 0.717) is 11.6 Å². The van der Waals surface area contributed by atoms with Gasteiger partial charge in [-0.3, -0.25) is 4.79 Å². The number of rotatable bonds is 3. The van der Waals surface area contributed by atoms with Gasteiger partial charge in [0.05, 0.1) is 0 Å². The van der Waals surface area contributed by atoms with Gasteiger partial charge in [-0.1, -0.05) is 13.0 Å². The Morgan fingerprint density at radius 3 is 2.83 bits per heavy atom. The van der Waals surface area contributed by atoms with E-state index in [1.807, 2.05) is 19.9 Å². The van der Waals surface area contributed by atoms with Gasteiger partial charge in [-0.05, 0) is 55.9 Å². The number of fused-ring (bicyclic) bond motifs is 1. The Balaban J connectivity index is 1.65. The van der Waals surface area contributed by atoms with Crippen LogP contribution in [0, 0.1) is 19.8 Å². The molecular formula is C19H24N2O3. The van der Waals surface area contributed by atoms with E-state index in [2.05, 4.69) is 18.0 Å². The minimum absolute atomic E-state index is 0.113. The fourth-order valence-electron chi connectivity index (χ4n) is 3.42. The maximum atomic E-state index is 12.2. The minimum Gasteiger partial charge on any atom is -0.451 e. The van der Waals surface area contributed by atoms with Crippen molar-refractivity contribution in [3.05, 3.63) is 35.0 Å². The number of carbonyl (C=O) groups is 2. The highest BCUT2D eigenvalue weighted by Crippen LogP contribution is 2.22. The lowest BCUT2D eigenvalue weighted by atomic mass is 10.0. The van der Waals surface area contributed by atoms with Crippen molar-refractivity contribution in [1.29, 1.82) is 0 Å². The van der Waals surface area contributed by atoms with Crippen LogP contribution in [0.15, 0.2) is 18.2 Å². The van der Waals surface area contributed by atoms with Crippen molar-refractivity contribution in [3.63, 3.8) is 0 Å². The zero-order valence-electron chi connectivity index (χ0n) is 14.5. The van der Waals surface area contributed by atoms with Gasteiger partial charge in [-0.25, -0.2) is 4.79 Å². The molecule has 1 aromatic carbocycles. The van der Waals surface area contributed by atoms with E-state index in [4.69, 9.17) is 4.74 Å². The van der Waals surface area contributed by atoms with Crippen molar-refractivity contribution in [1.82, 2.24) is 9.88 Å². The second-order valence-electron chi connectivity index (χ2n) is 6.89. The van der Waals surface area contributed by atoms with Gasteiger partial charge in [-0.2, -0.15) is 0 Å². The molecule has 0 spiro atoms. The molecular weight excluding hydrogens is 304 g/mol. The summed E-state index contributed by atoms with van der Waals surface area (Å²) in [4.78, 5) is 29.3. The van der Waals surface area contributed by atoms with E-state index in [0.717, 1.165) is 48.0 Å². The Labute approximate surface area is 142 Å². The molecule has 0 radical (unpaired) electrons. The van der Waals surface area contributed by atoms with Crippen LogP contribution >= 0.6 is 0 Å². The summed E-state index contributed by atoms with van der Waals surface area (Å²) in [6, 6.07) is 5.87. The molecule has 128 valence electrons. The monoisotopic (exact) mass is 328 g/mol. The molecule has 1 amide bonds. The van der Waals surface area contributed by atoms with E-state index in [9.17, 15) is 9.59 Å². The number of aromatic amines is 1. The quantitative estimate of drug-likeness (QED) is 0.880. The summed E-state index contributed by atoms with van der Waals surface area (Å²) in [5.74, 6) is -0.0852. The van der Waals surface area contributed by atoms with E-state index in [-0.39, 0.29) is 12.5 Å². The number of aromatic nitrogens is 1. The van der Waals surface area contributed by atoms with Crippen LogP contribution in [-0.2, 0) is 9.53 Å². The third kappa shape index (κ3) is 3.45. The lowest BCUT2D eigenvalue weighted by Crippen LogP contribution is -2.41. The molecule has 0 saturated carbocycles. The molecule has 2 aromatic rings. The zero-order chi connectivity index (χ0) is 17.3. The second kappa shape index (κ2) is 6.67. The number of esters is 1. The van der Waals surface area contributed by atoms with Gasteiger partial charge in [0.1, 0.15) is 5.69 Å². The third-order valence-electron chi connectivity index (χ3n) is 4.65. The number of benzene rings is 1. The van der Waals surface area contributed by atoms with Crippen LogP contribution < -0.4 is 0 Å². The van der Waals surface area contributed by atoms with Crippen LogP contribution in [-0.4, -0.2) is 41.5 Å². The van der Waals surface area contributed by atoms with Crippen LogP contribution in [0.4, 0.5) is 0 Å². The van der Waals surface area contributed by atoms with Crippen molar-refractivity contribution in [2.45, 2.75) is 33.6 Å². The van der Waals surface area contributed by atoms with Crippen LogP contribution in [0.1, 0.15) is 41.4 Å². The minimum atomic E-state index is -0.485. The molecule has 1 fully saturated rings. The summed E-state index contributed by atoms with van der Waals surface area (Å²) in [5.41, 5.74) is 3.55. The van der Waals surface area contributed by atoms with Crippen molar-refractivity contribution < 1.29 is 14.3 Å². The second-order valence-corrected chi connectivity index (χ2v) is 6.89. The number of carbonyl (C=O) groups excluding carboxylic acids is 2. The molecule has 0 unspecified atom stereocenters. The summed E-state index contributed by atoms with van der Waals surface area (Å²) in [6.07, 6.45) is 2.17. The summed E-state index contributed by atoms with van der Waals surface area (Å²) >= 11 is 0. The van der Waals surface area contributed by atoms with Gasteiger partial charge in [0.15, 0.2) is 6.61 Å². The Morgan fingerprint density at radius 2 is 2.08 bits per heavy atom. The van der Waals surface area contributed by atoms with E-state index < -0.39 is 5.97 Å². The topological polar surface area (TPSA) is 62.4 Å². The van der Waals surface area contributed by atoms with Crippen LogP contribution in [0.2, 0.25) is 0 Å². The lowest BCUT2D eigenvalue weighted by Gasteiger charge is -2.30. The number of hydrogen-bond acceptors (Lipinski definition) is 3. The van der Waals surface area contributed by atoms with E-state index in [1.54, 1.807) is 11.0 Å². The van der Waals surface area contributed by atoms with Gasteiger partial charge in [-0.15, -0.1) is 0 Å². The maximum Gasteiger partial charge on any atom is 0.355 e. The molecule has 0 aliphatic carbocycles. The molecule has 1 aliphatic heterocycles. The summed E-state index contributed by atoms with van der Waals surface area (Å²) < 4.78 is 5.22. The van der Waals surface area contributed by atoms with Crippen LogP contribution in [0.5, 0.6) is 0 Å². The first-order valence-corrected chi connectivity index (χ1v) is 8.49. The number of H-pyrrole nitrogens is 1. The lowest BCUT2D eigenvalue weighted by molar-refractivity contribution is -0.136. The predicted octanol–water partition coefficient (Wildman–Crippen LogP) is 3.20. The highest BCUT2D eigenvalue weighted by molar-refractivity contribution is 5.96. The van der Waals surface area contributed by atoms with Crippen molar-refractivity contribution >= 4 is 22.8 Å². The number of hydrogen-bond donors (Lipinski definition) is 1. The molecule has 24 heavy (non-hydrogen) atoms. The number of ether oxygens (including phenoxy) is 1. The Bertz CT molecular complexity index is 778. The first-order valence-electron chi connectivity index (χ1n) is 8.49. The summed E-state index contributed by atoms with van der Waals surface area (Å²) in [6.45, 7) is 7.48. The SMILES string of the molecule is Cc1cc(C)c2cc(C(=O)OCC(=O)N3CCC[C@H](C)C3)[nH]c2c1. The normalized spacial score (nSPS) is 18.0. The fraction of sp³-hybridized carbons (Fsp3) is 0.474. The average Bonchev–Trinajstić information content (AvgIpc) is 2.96. The number of amides is 1. The van der Waals surface area contributed by atoms with Crippen LogP contribution in [0.3, 0.4) is 0 Å². The van der Waals surface area contributed by atoms with Gasteiger partial charge in [0.2, 0.25) is 0 Å². The molecule has 1 atom stereocenters. The Morgan fingerprint density at radius 1 is 1.29 bits per heavy atom. The summed E-state index contributed by atoms with van der Waals surface area (Å²) in [5, 5.41) is 1.00. The molecule has 5 nitrogen and oxygen atoms in total. The fourth-order valence-corrected chi connectivity index (χ4v) is 3.42. The third-order valence-corrected chi connectivity index (χ3v) is 4.65. The largest absolute Gasteiger partial charge is 0.451 e. The zero-order valence-corrected chi connectivity index (χ0v) is 14.5. The van der Waals surface area contributed by atoms with Crippen molar-refractivity contribution in [2.24, 2.45) is 5.92 Å². The van der Waals surface area contributed by atoms with E-state index in [1.165, 1.54) is 0 Å². The number of nitrogens with zero attached hydrogens (tertiary/aromatic N) is 1. The molecule has 3 rings (SSSR count). The predicted molar refractivity (Wildman–Crippen MR) is 93.0 cm³/mol. The average molecular weight is 328 g/mol. The first-order chi connectivity index (χ1) is 11.4. The Hall–Kier alpha value is -2.30. The van der Waals surface area contributed by atoms with Gasteiger partial charge in [0.25, 0.3) is 5.91 Å². The standard InChI is InChI=1S/C19H24N2O3/c1-12-5-4-6-21(10-12)18(22)11-24-19(23)17-9-15-14(3)7-13(2)8-16(15)20-17/h7-9,12,20H,4-6,10-11H2,1-3H3/t12-/m0/s1. The highest BCUT2D eigenvalue weighted by atomic mass is 16.5. The first kappa shape index (κ1) is 16.6. The van der Waals surface area contributed by atoms with Crippen molar-refractivity contribution in [2.75, 3.05) is 19.7 Å². The molecule has 1 aromatic heterocycles. The maximum absolute atomic E-state index is 12.2. The molecule has 1 saturated heterocycles.